The lowest BCUT2D eigenvalue weighted by Crippen LogP contribution is -2.17. The van der Waals surface area contributed by atoms with Gasteiger partial charge in [0, 0.05) is 30.3 Å². The van der Waals surface area contributed by atoms with Gasteiger partial charge in [-0.2, -0.15) is 0 Å². The average Bonchev–Trinajstić information content (AvgIpc) is 2.30. The quantitative estimate of drug-likeness (QED) is 0.731. The van der Waals surface area contributed by atoms with E-state index in [1.165, 1.54) is 6.07 Å². The minimum Gasteiger partial charge on any atom is -0.381 e. The topological polar surface area (TPSA) is 21.3 Å². The molecule has 0 saturated heterocycles. The van der Waals surface area contributed by atoms with Gasteiger partial charge in [-0.15, -0.1) is 0 Å². The van der Waals surface area contributed by atoms with Crippen LogP contribution >= 0.6 is 11.6 Å². The molecular formula is C14H21ClFNO. The Bertz CT molecular complexity index is 358. The maximum atomic E-state index is 13.4. The number of hydrogen-bond donors (Lipinski definition) is 1. The third-order valence-corrected chi connectivity index (χ3v) is 2.66. The molecule has 0 fully saturated rings. The Morgan fingerprint density at radius 1 is 1.39 bits per heavy atom. The molecule has 4 heteroatoms. The van der Waals surface area contributed by atoms with Gasteiger partial charge in [-0.3, -0.25) is 0 Å². The smallest absolute Gasteiger partial charge is 0.129 e. The molecule has 0 spiro atoms. The van der Waals surface area contributed by atoms with Crippen LogP contribution in [0.2, 0.25) is 5.02 Å². The Kier molecular flexibility index (Phi) is 7.25. The summed E-state index contributed by atoms with van der Waals surface area (Å²) in [6.07, 6.45) is 0.932. The molecule has 0 radical (unpaired) electrons. The molecule has 102 valence electrons. The number of halogens is 2. The Labute approximate surface area is 113 Å². The van der Waals surface area contributed by atoms with E-state index < -0.39 is 0 Å². The zero-order chi connectivity index (χ0) is 13.4. The summed E-state index contributed by atoms with van der Waals surface area (Å²) in [6, 6.07) is 4.75. The summed E-state index contributed by atoms with van der Waals surface area (Å²) in [5.74, 6) is 0.312. The van der Waals surface area contributed by atoms with Crippen molar-refractivity contribution in [1.29, 1.82) is 0 Å². The van der Waals surface area contributed by atoms with Crippen molar-refractivity contribution in [2.45, 2.75) is 26.8 Å². The summed E-state index contributed by atoms with van der Waals surface area (Å²) in [6.45, 7) is 7.14. The largest absolute Gasteiger partial charge is 0.381 e. The van der Waals surface area contributed by atoms with E-state index >= 15 is 0 Å². The molecule has 1 rings (SSSR count). The molecule has 1 aromatic rings. The van der Waals surface area contributed by atoms with Crippen LogP contribution in [0.25, 0.3) is 0 Å². The first kappa shape index (κ1) is 15.4. The summed E-state index contributed by atoms with van der Waals surface area (Å²) in [7, 11) is 0. The molecule has 0 aliphatic carbocycles. The normalized spacial score (nSPS) is 11.2. The summed E-state index contributed by atoms with van der Waals surface area (Å²) in [4.78, 5) is 0. The standard InChI is InChI=1S/C14H21ClFNO/c1-11(2)10-18-7-3-6-17-9-12-4-5-13(15)8-14(12)16/h4-5,8,11,17H,3,6-7,9-10H2,1-2H3. The van der Waals surface area contributed by atoms with Crippen LogP contribution in [0.15, 0.2) is 18.2 Å². The van der Waals surface area contributed by atoms with Crippen molar-refractivity contribution in [2.75, 3.05) is 19.8 Å². The highest BCUT2D eigenvalue weighted by Crippen LogP contribution is 2.14. The average molecular weight is 274 g/mol. The summed E-state index contributed by atoms with van der Waals surface area (Å²) < 4.78 is 18.9. The van der Waals surface area contributed by atoms with Crippen LogP contribution in [-0.2, 0) is 11.3 Å². The van der Waals surface area contributed by atoms with Gasteiger partial charge in [0.2, 0.25) is 0 Å². The number of ether oxygens (including phenoxy) is 1. The molecule has 1 N–H and O–H groups in total. The predicted octanol–water partition coefficient (Wildman–Crippen LogP) is 3.63. The SMILES string of the molecule is CC(C)COCCCNCc1ccc(Cl)cc1F. The lowest BCUT2D eigenvalue weighted by atomic mass is 10.2. The van der Waals surface area contributed by atoms with Crippen LogP contribution in [0.1, 0.15) is 25.8 Å². The first-order valence-corrected chi connectivity index (χ1v) is 6.69. The fraction of sp³-hybridized carbons (Fsp3) is 0.571. The third-order valence-electron chi connectivity index (χ3n) is 2.42. The molecule has 0 atom stereocenters. The van der Waals surface area contributed by atoms with Gasteiger partial charge in [0.05, 0.1) is 0 Å². The molecule has 0 aromatic heterocycles. The van der Waals surface area contributed by atoms with E-state index in [2.05, 4.69) is 19.2 Å². The van der Waals surface area contributed by atoms with E-state index in [9.17, 15) is 4.39 Å². The highest BCUT2D eigenvalue weighted by molar-refractivity contribution is 6.30. The van der Waals surface area contributed by atoms with Crippen molar-refractivity contribution in [3.05, 3.63) is 34.6 Å². The Morgan fingerprint density at radius 3 is 2.83 bits per heavy atom. The van der Waals surface area contributed by atoms with Crippen LogP contribution in [0.5, 0.6) is 0 Å². The maximum Gasteiger partial charge on any atom is 0.129 e. The first-order valence-electron chi connectivity index (χ1n) is 6.32. The lowest BCUT2D eigenvalue weighted by Gasteiger charge is -2.08. The maximum absolute atomic E-state index is 13.4. The fourth-order valence-corrected chi connectivity index (χ4v) is 1.67. The second kappa shape index (κ2) is 8.46. The minimum absolute atomic E-state index is 0.258. The zero-order valence-corrected chi connectivity index (χ0v) is 11.8. The molecular weight excluding hydrogens is 253 g/mol. The number of hydrogen-bond acceptors (Lipinski definition) is 2. The van der Waals surface area contributed by atoms with Gasteiger partial charge in [0.1, 0.15) is 5.82 Å². The van der Waals surface area contributed by atoms with Crippen LogP contribution in [0.4, 0.5) is 4.39 Å². The van der Waals surface area contributed by atoms with E-state index in [0.29, 0.717) is 23.0 Å². The molecule has 0 aliphatic heterocycles. The molecule has 0 amide bonds. The minimum atomic E-state index is -0.258. The highest BCUT2D eigenvalue weighted by Gasteiger charge is 2.02. The van der Waals surface area contributed by atoms with E-state index in [4.69, 9.17) is 16.3 Å². The molecule has 0 saturated carbocycles. The zero-order valence-electron chi connectivity index (χ0n) is 11.0. The van der Waals surface area contributed by atoms with E-state index in [1.807, 2.05) is 0 Å². The highest BCUT2D eigenvalue weighted by atomic mass is 35.5. The van der Waals surface area contributed by atoms with Crippen LogP contribution in [0.3, 0.4) is 0 Å². The van der Waals surface area contributed by atoms with Gasteiger partial charge >= 0.3 is 0 Å². The summed E-state index contributed by atoms with van der Waals surface area (Å²) in [5, 5.41) is 3.62. The van der Waals surface area contributed by atoms with E-state index in [1.54, 1.807) is 12.1 Å². The Hall–Kier alpha value is -0.640. The van der Waals surface area contributed by atoms with Crippen molar-refractivity contribution in [3.63, 3.8) is 0 Å². The van der Waals surface area contributed by atoms with Gasteiger partial charge < -0.3 is 10.1 Å². The molecule has 2 nitrogen and oxygen atoms in total. The molecule has 18 heavy (non-hydrogen) atoms. The molecule has 1 aromatic carbocycles. The van der Waals surface area contributed by atoms with Gasteiger partial charge in [0.15, 0.2) is 0 Å². The second-order valence-corrected chi connectivity index (χ2v) is 5.17. The van der Waals surface area contributed by atoms with Gasteiger partial charge in [-0.25, -0.2) is 4.39 Å². The van der Waals surface area contributed by atoms with Crippen molar-refractivity contribution >= 4 is 11.6 Å². The second-order valence-electron chi connectivity index (χ2n) is 4.73. The number of nitrogens with one attached hydrogen (secondary N) is 1. The van der Waals surface area contributed by atoms with Crippen LogP contribution in [-0.4, -0.2) is 19.8 Å². The Morgan fingerprint density at radius 2 is 2.17 bits per heavy atom. The molecule has 0 heterocycles. The van der Waals surface area contributed by atoms with Gasteiger partial charge in [-0.1, -0.05) is 31.5 Å². The monoisotopic (exact) mass is 273 g/mol. The number of rotatable bonds is 8. The fourth-order valence-electron chi connectivity index (χ4n) is 1.51. The predicted molar refractivity (Wildman–Crippen MR) is 73.4 cm³/mol. The van der Waals surface area contributed by atoms with Crippen molar-refractivity contribution in [3.8, 4) is 0 Å². The van der Waals surface area contributed by atoms with E-state index in [0.717, 1.165) is 26.2 Å². The number of benzene rings is 1. The molecule has 0 aliphatic rings. The van der Waals surface area contributed by atoms with Crippen molar-refractivity contribution in [1.82, 2.24) is 5.32 Å². The molecule has 0 bridgehead atoms. The van der Waals surface area contributed by atoms with Crippen molar-refractivity contribution in [2.24, 2.45) is 5.92 Å². The van der Waals surface area contributed by atoms with Gasteiger partial charge in [0.25, 0.3) is 0 Å². The van der Waals surface area contributed by atoms with E-state index in [-0.39, 0.29) is 5.82 Å². The van der Waals surface area contributed by atoms with Crippen LogP contribution < -0.4 is 5.32 Å². The summed E-state index contributed by atoms with van der Waals surface area (Å²) >= 11 is 5.68. The summed E-state index contributed by atoms with van der Waals surface area (Å²) in [5.41, 5.74) is 0.641. The first-order chi connectivity index (χ1) is 8.59. The lowest BCUT2D eigenvalue weighted by molar-refractivity contribution is 0.108. The van der Waals surface area contributed by atoms with Crippen molar-refractivity contribution < 1.29 is 9.13 Å². The van der Waals surface area contributed by atoms with Gasteiger partial charge in [-0.05, 0) is 31.0 Å². The molecule has 0 unspecified atom stereocenters. The Balaban J connectivity index is 2.11. The van der Waals surface area contributed by atoms with Crippen LogP contribution in [0, 0.1) is 11.7 Å². The third kappa shape index (κ3) is 6.34.